The molecule has 1 aromatic carbocycles. The van der Waals surface area contributed by atoms with Crippen molar-refractivity contribution < 1.29 is 5.11 Å². The van der Waals surface area contributed by atoms with Gasteiger partial charge in [-0.2, -0.15) is 0 Å². The standard InChI is InChI=1S/C17H24BrNO/c1-12-9-14(18)10-13-11-19(8-5-16(12)13)15-3-6-17(2,20)7-4-15/h9-10,15,20H,3-8,11H2,1-2H3. The third-order valence-electron chi connectivity index (χ3n) is 5.10. The zero-order valence-electron chi connectivity index (χ0n) is 12.5. The smallest absolute Gasteiger partial charge is 0.0621 e. The Morgan fingerprint density at radius 3 is 2.70 bits per heavy atom. The highest BCUT2D eigenvalue weighted by Crippen LogP contribution is 2.34. The molecule has 1 N–H and O–H groups in total. The van der Waals surface area contributed by atoms with E-state index in [1.165, 1.54) is 28.6 Å². The first-order valence-corrected chi connectivity index (χ1v) is 8.48. The second kappa shape index (κ2) is 5.43. The van der Waals surface area contributed by atoms with Gasteiger partial charge in [0.2, 0.25) is 0 Å². The van der Waals surface area contributed by atoms with Crippen molar-refractivity contribution in [1.29, 1.82) is 0 Å². The molecule has 0 saturated heterocycles. The van der Waals surface area contributed by atoms with Crippen molar-refractivity contribution in [2.45, 2.75) is 64.1 Å². The van der Waals surface area contributed by atoms with Gasteiger partial charge in [-0.15, -0.1) is 0 Å². The first kappa shape index (κ1) is 14.6. The van der Waals surface area contributed by atoms with Gasteiger partial charge in [-0.25, -0.2) is 0 Å². The van der Waals surface area contributed by atoms with Crippen molar-refractivity contribution in [1.82, 2.24) is 4.90 Å². The third kappa shape index (κ3) is 2.95. The van der Waals surface area contributed by atoms with Gasteiger partial charge in [0.05, 0.1) is 5.60 Å². The molecule has 0 unspecified atom stereocenters. The summed E-state index contributed by atoms with van der Waals surface area (Å²) in [5, 5.41) is 10.1. The second-order valence-electron chi connectivity index (χ2n) is 6.81. The van der Waals surface area contributed by atoms with Crippen molar-refractivity contribution >= 4 is 15.9 Å². The van der Waals surface area contributed by atoms with Crippen LogP contribution in [0, 0.1) is 6.92 Å². The van der Waals surface area contributed by atoms with E-state index in [0.29, 0.717) is 6.04 Å². The summed E-state index contributed by atoms with van der Waals surface area (Å²) < 4.78 is 1.20. The maximum absolute atomic E-state index is 10.1. The number of fused-ring (bicyclic) bond motifs is 1. The first-order chi connectivity index (χ1) is 9.44. The molecular weight excluding hydrogens is 314 g/mol. The highest BCUT2D eigenvalue weighted by Gasteiger charge is 2.32. The SMILES string of the molecule is Cc1cc(Br)cc2c1CCN(C1CCC(C)(O)CC1)C2. The maximum Gasteiger partial charge on any atom is 0.0621 e. The summed E-state index contributed by atoms with van der Waals surface area (Å²) in [7, 11) is 0. The van der Waals surface area contributed by atoms with Gasteiger partial charge < -0.3 is 5.11 Å². The van der Waals surface area contributed by atoms with E-state index in [9.17, 15) is 5.11 Å². The predicted molar refractivity (Wildman–Crippen MR) is 85.9 cm³/mol. The van der Waals surface area contributed by atoms with Gasteiger partial charge in [0.25, 0.3) is 0 Å². The van der Waals surface area contributed by atoms with E-state index in [1.54, 1.807) is 5.56 Å². The van der Waals surface area contributed by atoms with E-state index < -0.39 is 5.60 Å². The molecule has 0 bridgehead atoms. The summed E-state index contributed by atoms with van der Waals surface area (Å²) in [4.78, 5) is 2.63. The molecule has 3 rings (SSSR count). The summed E-state index contributed by atoms with van der Waals surface area (Å²) in [6.07, 6.45) is 5.32. The molecule has 1 aliphatic carbocycles. The summed E-state index contributed by atoms with van der Waals surface area (Å²) in [5.41, 5.74) is 4.03. The summed E-state index contributed by atoms with van der Waals surface area (Å²) in [6, 6.07) is 5.17. The average molecular weight is 338 g/mol. The van der Waals surface area contributed by atoms with Crippen LogP contribution in [-0.2, 0) is 13.0 Å². The Hall–Kier alpha value is -0.380. The molecule has 110 valence electrons. The Balaban J connectivity index is 1.73. The lowest BCUT2D eigenvalue weighted by Gasteiger charge is -2.41. The molecule has 2 aliphatic rings. The molecule has 3 heteroatoms. The number of nitrogens with zero attached hydrogens (tertiary/aromatic N) is 1. The molecule has 1 heterocycles. The van der Waals surface area contributed by atoms with E-state index in [0.717, 1.165) is 32.2 Å². The predicted octanol–water partition coefficient (Wildman–Crippen LogP) is 3.81. The molecule has 0 amide bonds. The number of benzene rings is 1. The van der Waals surface area contributed by atoms with Gasteiger partial charge >= 0.3 is 0 Å². The minimum Gasteiger partial charge on any atom is -0.390 e. The van der Waals surface area contributed by atoms with Crippen molar-refractivity contribution in [3.63, 3.8) is 0 Å². The topological polar surface area (TPSA) is 23.5 Å². The van der Waals surface area contributed by atoms with Gasteiger partial charge in [0, 0.05) is 23.6 Å². The van der Waals surface area contributed by atoms with Gasteiger partial charge in [-0.05, 0) is 74.8 Å². The van der Waals surface area contributed by atoms with E-state index in [4.69, 9.17) is 0 Å². The molecule has 1 aromatic rings. The molecule has 1 aliphatic heterocycles. The molecule has 20 heavy (non-hydrogen) atoms. The van der Waals surface area contributed by atoms with E-state index in [2.05, 4.69) is 39.9 Å². The van der Waals surface area contributed by atoms with Crippen LogP contribution in [0.1, 0.15) is 49.3 Å². The fourth-order valence-corrected chi connectivity index (χ4v) is 4.42. The van der Waals surface area contributed by atoms with Crippen molar-refractivity contribution in [3.05, 3.63) is 33.3 Å². The molecule has 0 atom stereocenters. The average Bonchev–Trinajstić information content (AvgIpc) is 2.37. The first-order valence-electron chi connectivity index (χ1n) is 7.69. The van der Waals surface area contributed by atoms with E-state index in [-0.39, 0.29) is 0 Å². The van der Waals surface area contributed by atoms with Crippen LogP contribution < -0.4 is 0 Å². The molecule has 1 saturated carbocycles. The highest BCUT2D eigenvalue weighted by atomic mass is 79.9. The normalized spacial score (nSPS) is 31.1. The fourth-order valence-electron chi connectivity index (χ4n) is 3.80. The number of halogens is 1. The van der Waals surface area contributed by atoms with Gasteiger partial charge in [0.15, 0.2) is 0 Å². The highest BCUT2D eigenvalue weighted by molar-refractivity contribution is 9.10. The Kier molecular flexibility index (Phi) is 3.95. The van der Waals surface area contributed by atoms with Crippen LogP contribution >= 0.6 is 15.9 Å². The minimum absolute atomic E-state index is 0.427. The zero-order valence-corrected chi connectivity index (χ0v) is 14.0. The number of hydrogen-bond donors (Lipinski definition) is 1. The van der Waals surface area contributed by atoms with Crippen LogP contribution in [0.5, 0.6) is 0 Å². The second-order valence-corrected chi connectivity index (χ2v) is 7.72. The Labute approximate surface area is 130 Å². The fraction of sp³-hybridized carbons (Fsp3) is 0.647. The molecule has 1 fully saturated rings. The Morgan fingerprint density at radius 2 is 2.00 bits per heavy atom. The summed E-state index contributed by atoms with van der Waals surface area (Å²) in [6.45, 7) is 6.44. The van der Waals surface area contributed by atoms with Gasteiger partial charge in [-0.1, -0.05) is 15.9 Å². The molecule has 0 spiro atoms. The molecular formula is C17H24BrNO. The quantitative estimate of drug-likeness (QED) is 0.842. The molecule has 2 nitrogen and oxygen atoms in total. The summed E-state index contributed by atoms with van der Waals surface area (Å²) >= 11 is 3.62. The van der Waals surface area contributed by atoms with E-state index >= 15 is 0 Å². The van der Waals surface area contributed by atoms with Crippen molar-refractivity contribution in [2.24, 2.45) is 0 Å². The van der Waals surface area contributed by atoms with Crippen LogP contribution in [-0.4, -0.2) is 28.2 Å². The van der Waals surface area contributed by atoms with Gasteiger partial charge in [0.1, 0.15) is 0 Å². The number of aryl methyl sites for hydroxylation is 1. The number of hydrogen-bond acceptors (Lipinski definition) is 2. The lowest BCUT2D eigenvalue weighted by atomic mass is 9.82. The minimum atomic E-state index is -0.427. The molecule has 0 radical (unpaired) electrons. The van der Waals surface area contributed by atoms with Crippen LogP contribution in [0.25, 0.3) is 0 Å². The Bertz CT molecular complexity index is 502. The number of aliphatic hydroxyl groups is 1. The number of rotatable bonds is 1. The lowest BCUT2D eigenvalue weighted by molar-refractivity contribution is -0.00767. The third-order valence-corrected chi connectivity index (χ3v) is 5.56. The van der Waals surface area contributed by atoms with Gasteiger partial charge in [-0.3, -0.25) is 4.90 Å². The Morgan fingerprint density at radius 1 is 1.30 bits per heavy atom. The van der Waals surface area contributed by atoms with E-state index in [1.807, 2.05) is 6.92 Å². The monoisotopic (exact) mass is 337 g/mol. The molecule has 0 aromatic heterocycles. The van der Waals surface area contributed by atoms with Crippen molar-refractivity contribution in [3.8, 4) is 0 Å². The van der Waals surface area contributed by atoms with Crippen LogP contribution in [0.3, 0.4) is 0 Å². The maximum atomic E-state index is 10.1. The lowest BCUT2D eigenvalue weighted by Crippen LogP contribution is -2.44. The van der Waals surface area contributed by atoms with Crippen LogP contribution in [0.15, 0.2) is 16.6 Å². The summed E-state index contributed by atoms with van der Waals surface area (Å²) in [5.74, 6) is 0. The largest absolute Gasteiger partial charge is 0.390 e. The van der Waals surface area contributed by atoms with Crippen molar-refractivity contribution in [2.75, 3.05) is 6.54 Å². The van der Waals surface area contributed by atoms with Crippen LogP contribution in [0.4, 0.5) is 0 Å². The van der Waals surface area contributed by atoms with Crippen LogP contribution in [0.2, 0.25) is 0 Å². The zero-order chi connectivity index (χ0) is 14.3.